The van der Waals surface area contributed by atoms with E-state index in [1.54, 1.807) is 24.4 Å². The minimum Gasteiger partial charge on any atom is -0.324 e. The molecule has 1 heterocycles. The third-order valence-corrected chi connectivity index (χ3v) is 4.11. The largest absolute Gasteiger partial charge is 0.324 e. The average Bonchev–Trinajstić information content (AvgIpc) is 2.44. The number of pyridine rings is 1. The SMILES string of the molecule is C[C@H](Sc1ccccn1)C(=O)Nc1cc(Cl)ccc1Cl. The fraction of sp³-hybridized carbons (Fsp3) is 0.143. The average molecular weight is 327 g/mol. The number of amides is 1. The molecule has 1 amide bonds. The van der Waals surface area contributed by atoms with Crippen LogP contribution in [0.3, 0.4) is 0 Å². The molecule has 0 saturated carbocycles. The Labute approximate surface area is 131 Å². The number of nitrogens with one attached hydrogen (secondary N) is 1. The Morgan fingerprint density at radius 1 is 1.30 bits per heavy atom. The van der Waals surface area contributed by atoms with Crippen molar-refractivity contribution < 1.29 is 4.79 Å². The molecule has 0 aliphatic rings. The number of thioether (sulfide) groups is 1. The van der Waals surface area contributed by atoms with Gasteiger partial charge in [-0.3, -0.25) is 4.79 Å². The number of halogens is 2. The van der Waals surface area contributed by atoms with Gasteiger partial charge in [0.05, 0.1) is 21.0 Å². The number of carbonyl (C=O) groups is 1. The second-order valence-electron chi connectivity index (χ2n) is 4.04. The van der Waals surface area contributed by atoms with Crippen LogP contribution in [-0.4, -0.2) is 16.1 Å². The van der Waals surface area contributed by atoms with E-state index in [9.17, 15) is 4.79 Å². The lowest BCUT2D eigenvalue weighted by Gasteiger charge is -2.12. The topological polar surface area (TPSA) is 42.0 Å². The van der Waals surface area contributed by atoms with E-state index in [2.05, 4.69) is 10.3 Å². The van der Waals surface area contributed by atoms with E-state index in [4.69, 9.17) is 23.2 Å². The van der Waals surface area contributed by atoms with Gasteiger partial charge in [0.15, 0.2) is 0 Å². The van der Waals surface area contributed by atoms with Crippen molar-refractivity contribution in [3.05, 3.63) is 52.6 Å². The maximum Gasteiger partial charge on any atom is 0.237 e. The monoisotopic (exact) mass is 326 g/mol. The molecule has 1 N–H and O–H groups in total. The number of nitrogens with zero attached hydrogens (tertiary/aromatic N) is 1. The number of hydrogen-bond acceptors (Lipinski definition) is 3. The molecular formula is C14H12Cl2N2OS. The summed E-state index contributed by atoms with van der Waals surface area (Å²) >= 11 is 13.3. The van der Waals surface area contributed by atoms with Crippen LogP contribution >= 0.6 is 35.0 Å². The summed E-state index contributed by atoms with van der Waals surface area (Å²) in [6, 6.07) is 10.5. The van der Waals surface area contributed by atoms with Gasteiger partial charge in [0.25, 0.3) is 0 Å². The first kappa shape index (κ1) is 15.2. The molecule has 2 aromatic rings. The highest BCUT2D eigenvalue weighted by molar-refractivity contribution is 8.00. The van der Waals surface area contributed by atoms with E-state index < -0.39 is 0 Å². The molecule has 6 heteroatoms. The Balaban J connectivity index is 2.02. The fourth-order valence-corrected chi connectivity index (χ4v) is 2.62. The van der Waals surface area contributed by atoms with E-state index in [1.165, 1.54) is 11.8 Å². The highest BCUT2D eigenvalue weighted by Gasteiger charge is 2.16. The number of carbonyl (C=O) groups excluding carboxylic acids is 1. The van der Waals surface area contributed by atoms with Gasteiger partial charge >= 0.3 is 0 Å². The summed E-state index contributed by atoms with van der Waals surface area (Å²) in [6.07, 6.45) is 1.70. The minimum atomic E-state index is -0.292. The summed E-state index contributed by atoms with van der Waals surface area (Å²) in [4.78, 5) is 16.3. The van der Waals surface area contributed by atoms with Gasteiger partial charge in [0.1, 0.15) is 0 Å². The van der Waals surface area contributed by atoms with Gasteiger partial charge in [0, 0.05) is 11.2 Å². The molecule has 1 aromatic heterocycles. The fourth-order valence-electron chi connectivity index (χ4n) is 1.48. The van der Waals surface area contributed by atoms with E-state index in [0.29, 0.717) is 15.7 Å². The number of aromatic nitrogens is 1. The molecule has 1 atom stereocenters. The third kappa shape index (κ3) is 4.13. The van der Waals surface area contributed by atoms with Crippen molar-refractivity contribution in [1.29, 1.82) is 0 Å². The van der Waals surface area contributed by atoms with Crippen LogP contribution in [0.4, 0.5) is 5.69 Å². The molecular weight excluding hydrogens is 315 g/mol. The highest BCUT2D eigenvalue weighted by atomic mass is 35.5. The normalized spacial score (nSPS) is 11.9. The molecule has 0 spiro atoms. The molecule has 3 nitrogen and oxygen atoms in total. The second kappa shape index (κ2) is 6.97. The quantitative estimate of drug-likeness (QED) is 0.840. The third-order valence-electron chi connectivity index (χ3n) is 2.49. The molecule has 0 unspecified atom stereocenters. The van der Waals surface area contributed by atoms with Crippen LogP contribution in [-0.2, 0) is 4.79 Å². The van der Waals surface area contributed by atoms with Gasteiger partial charge in [-0.05, 0) is 37.3 Å². The molecule has 0 radical (unpaired) electrons. The Kier molecular flexibility index (Phi) is 5.29. The first-order valence-electron chi connectivity index (χ1n) is 5.90. The zero-order valence-corrected chi connectivity index (χ0v) is 13.0. The molecule has 0 aliphatic heterocycles. The lowest BCUT2D eigenvalue weighted by molar-refractivity contribution is -0.115. The van der Waals surface area contributed by atoms with Crippen molar-refractivity contribution in [3.63, 3.8) is 0 Å². The van der Waals surface area contributed by atoms with Gasteiger partial charge < -0.3 is 5.32 Å². The molecule has 104 valence electrons. The van der Waals surface area contributed by atoms with Crippen molar-refractivity contribution in [1.82, 2.24) is 4.98 Å². The summed E-state index contributed by atoms with van der Waals surface area (Å²) in [5.74, 6) is -0.148. The highest BCUT2D eigenvalue weighted by Crippen LogP contribution is 2.27. The van der Waals surface area contributed by atoms with Crippen LogP contribution in [0.15, 0.2) is 47.6 Å². The van der Waals surface area contributed by atoms with Gasteiger partial charge in [-0.2, -0.15) is 0 Å². The van der Waals surface area contributed by atoms with Crippen molar-refractivity contribution in [2.24, 2.45) is 0 Å². The van der Waals surface area contributed by atoms with E-state index in [1.807, 2.05) is 25.1 Å². The number of benzene rings is 1. The zero-order valence-electron chi connectivity index (χ0n) is 10.6. The number of hydrogen-bond donors (Lipinski definition) is 1. The van der Waals surface area contributed by atoms with Crippen molar-refractivity contribution in [2.45, 2.75) is 17.2 Å². The Morgan fingerprint density at radius 3 is 2.80 bits per heavy atom. The Morgan fingerprint density at radius 2 is 2.10 bits per heavy atom. The van der Waals surface area contributed by atoms with Crippen molar-refractivity contribution in [3.8, 4) is 0 Å². The van der Waals surface area contributed by atoms with Crippen molar-refractivity contribution >= 4 is 46.6 Å². The standard InChI is InChI=1S/C14H12Cl2N2OS/c1-9(20-13-4-2-3-7-17-13)14(19)18-12-8-10(15)5-6-11(12)16/h2-9H,1H3,(H,18,19)/t9-/m0/s1. The Hall–Kier alpha value is -1.23. The van der Waals surface area contributed by atoms with E-state index >= 15 is 0 Å². The predicted molar refractivity (Wildman–Crippen MR) is 84.6 cm³/mol. The van der Waals surface area contributed by atoms with Crippen LogP contribution in [0.1, 0.15) is 6.92 Å². The van der Waals surface area contributed by atoms with Gasteiger partial charge in [-0.1, -0.05) is 41.0 Å². The Bertz CT molecular complexity index is 607. The smallest absolute Gasteiger partial charge is 0.237 e. The summed E-state index contributed by atoms with van der Waals surface area (Å²) in [5.41, 5.74) is 0.512. The molecule has 20 heavy (non-hydrogen) atoms. The summed E-state index contributed by atoms with van der Waals surface area (Å²) in [5, 5.41) is 4.25. The van der Waals surface area contributed by atoms with Crippen molar-refractivity contribution in [2.75, 3.05) is 5.32 Å². The lowest BCUT2D eigenvalue weighted by Crippen LogP contribution is -2.22. The maximum absolute atomic E-state index is 12.1. The van der Waals surface area contributed by atoms with Gasteiger partial charge in [0.2, 0.25) is 5.91 Å². The lowest BCUT2D eigenvalue weighted by atomic mass is 10.3. The number of anilines is 1. The van der Waals surface area contributed by atoms with Crippen LogP contribution in [0, 0.1) is 0 Å². The maximum atomic E-state index is 12.1. The van der Waals surface area contributed by atoms with Gasteiger partial charge in [-0.25, -0.2) is 4.98 Å². The summed E-state index contributed by atoms with van der Waals surface area (Å²) in [6.45, 7) is 1.81. The molecule has 0 fully saturated rings. The van der Waals surface area contributed by atoms with E-state index in [-0.39, 0.29) is 11.2 Å². The summed E-state index contributed by atoms with van der Waals surface area (Å²) < 4.78 is 0. The molecule has 0 aliphatic carbocycles. The van der Waals surface area contributed by atoms with E-state index in [0.717, 1.165) is 5.03 Å². The second-order valence-corrected chi connectivity index (χ2v) is 6.25. The molecule has 1 aromatic carbocycles. The summed E-state index contributed by atoms with van der Waals surface area (Å²) in [7, 11) is 0. The predicted octanol–water partition coefficient (Wildman–Crippen LogP) is 4.51. The molecule has 2 rings (SSSR count). The molecule has 0 bridgehead atoms. The molecule has 0 saturated heterocycles. The van der Waals surface area contributed by atoms with Gasteiger partial charge in [-0.15, -0.1) is 0 Å². The van der Waals surface area contributed by atoms with Crippen LogP contribution in [0.2, 0.25) is 10.0 Å². The first-order chi connectivity index (χ1) is 9.56. The van der Waals surface area contributed by atoms with Crippen LogP contribution < -0.4 is 5.32 Å². The van der Waals surface area contributed by atoms with Crippen LogP contribution in [0.25, 0.3) is 0 Å². The minimum absolute atomic E-state index is 0.148. The zero-order chi connectivity index (χ0) is 14.5. The van der Waals surface area contributed by atoms with Crippen LogP contribution in [0.5, 0.6) is 0 Å². The number of rotatable bonds is 4. The first-order valence-corrected chi connectivity index (χ1v) is 7.53.